The predicted molar refractivity (Wildman–Crippen MR) is 168 cm³/mol. The van der Waals surface area contributed by atoms with Gasteiger partial charge in [-0.15, -0.1) is 0 Å². The summed E-state index contributed by atoms with van der Waals surface area (Å²) in [6, 6.07) is 26.7. The van der Waals surface area contributed by atoms with Gasteiger partial charge in [0.2, 0.25) is 5.82 Å². The molecule has 0 spiro atoms. The lowest BCUT2D eigenvalue weighted by Gasteiger charge is -2.14. The van der Waals surface area contributed by atoms with Gasteiger partial charge in [0.05, 0.1) is 33.4 Å². The van der Waals surface area contributed by atoms with Crippen LogP contribution in [0.25, 0.3) is 33.5 Å². The number of ether oxygens (including phenoxy) is 2. The van der Waals surface area contributed by atoms with Crippen LogP contribution in [0.4, 0.5) is 0 Å². The Hall–Kier alpha value is -4.97. The van der Waals surface area contributed by atoms with Gasteiger partial charge in [0, 0.05) is 5.39 Å². The second kappa shape index (κ2) is 11.5. The van der Waals surface area contributed by atoms with Gasteiger partial charge in [-0.05, 0) is 82.2 Å². The van der Waals surface area contributed by atoms with Crippen molar-refractivity contribution < 1.29 is 23.8 Å². The first-order valence-electron chi connectivity index (χ1n) is 12.8. The highest BCUT2D eigenvalue weighted by atomic mass is 127. The van der Waals surface area contributed by atoms with E-state index in [0.717, 1.165) is 8.96 Å². The third-order valence-corrected chi connectivity index (χ3v) is 7.33. The van der Waals surface area contributed by atoms with Crippen molar-refractivity contribution in [3.05, 3.63) is 122 Å². The molecule has 0 saturated heterocycles. The average Bonchev–Trinajstić information content (AvgIpc) is 3.44. The van der Waals surface area contributed by atoms with E-state index in [0.29, 0.717) is 44.9 Å². The molecule has 10 heteroatoms. The Balaban J connectivity index is 1.36. The molecule has 2 aromatic heterocycles. The number of hydrogen-bond acceptors (Lipinski definition) is 7. The first kappa shape index (κ1) is 27.2. The summed E-state index contributed by atoms with van der Waals surface area (Å²) in [7, 11) is 1.53. The van der Waals surface area contributed by atoms with Gasteiger partial charge in [0.15, 0.2) is 17.3 Å². The van der Waals surface area contributed by atoms with Crippen LogP contribution in [0.1, 0.15) is 21.5 Å². The molecule has 0 unspecified atom stereocenters. The molecule has 0 bridgehead atoms. The van der Waals surface area contributed by atoms with E-state index >= 15 is 0 Å². The van der Waals surface area contributed by atoms with Crippen molar-refractivity contribution in [3.8, 4) is 23.1 Å². The number of nitrogens with zero attached hydrogens (tertiary/aromatic N) is 3. The van der Waals surface area contributed by atoms with E-state index in [2.05, 4.69) is 27.7 Å². The summed E-state index contributed by atoms with van der Waals surface area (Å²) >= 11 is 2.13. The maximum Gasteiger partial charge on any atom is 0.335 e. The van der Waals surface area contributed by atoms with Crippen LogP contribution in [-0.2, 0) is 6.61 Å². The van der Waals surface area contributed by atoms with Gasteiger partial charge >= 0.3 is 5.97 Å². The summed E-state index contributed by atoms with van der Waals surface area (Å²) in [4.78, 5) is 29.6. The van der Waals surface area contributed by atoms with Crippen LogP contribution < -0.4 is 15.0 Å². The molecule has 0 saturated carbocycles. The molecule has 0 aliphatic carbocycles. The Morgan fingerprint density at radius 3 is 2.67 bits per heavy atom. The largest absolute Gasteiger partial charge is 0.493 e. The lowest BCUT2D eigenvalue weighted by Crippen LogP contribution is -2.20. The third-order valence-electron chi connectivity index (χ3n) is 6.53. The van der Waals surface area contributed by atoms with Crippen LogP contribution >= 0.6 is 22.6 Å². The maximum absolute atomic E-state index is 13.6. The van der Waals surface area contributed by atoms with Crippen molar-refractivity contribution in [3.63, 3.8) is 0 Å². The number of carboxylic acids is 1. The Bertz CT molecular complexity index is 2030. The van der Waals surface area contributed by atoms with E-state index in [1.54, 1.807) is 48.7 Å². The van der Waals surface area contributed by atoms with E-state index < -0.39 is 5.97 Å². The molecule has 2 heterocycles. The number of fused-ring (bicyclic) bond motifs is 2. The fourth-order valence-electron chi connectivity index (χ4n) is 4.51. The fourth-order valence-corrected chi connectivity index (χ4v) is 5.29. The van der Waals surface area contributed by atoms with Crippen LogP contribution in [0.15, 0.2) is 105 Å². The van der Waals surface area contributed by atoms with E-state index in [-0.39, 0.29) is 23.6 Å². The third kappa shape index (κ3) is 5.36. The van der Waals surface area contributed by atoms with Crippen molar-refractivity contribution in [1.82, 2.24) is 9.66 Å². The minimum atomic E-state index is -1.00. The lowest BCUT2D eigenvalue weighted by molar-refractivity contribution is 0.0696. The summed E-state index contributed by atoms with van der Waals surface area (Å²) in [5, 5.41) is 15.1. The number of aromatic carboxylic acids is 1. The number of methoxy groups -OCH3 is 1. The number of hydrogen-bond donors (Lipinski definition) is 1. The molecule has 9 nitrogen and oxygen atoms in total. The summed E-state index contributed by atoms with van der Waals surface area (Å²) in [6.45, 7) is 0.153. The number of para-hydroxylation sites is 2. The molecule has 0 fully saturated rings. The minimum Gasteiger partial charge on any atom is -0.493 e. The number of aromatic nitrogens is 2. The molecule has 0 atom stereocenters. The number of halogens is 1. The standard InChI is InChI=1S/C32H22IN3O6/c1-40-27-15-20(14-24(33)29(27)41-18-19-7-6-9-22(13-19)32(38)39)17-34-36-30(28-16-21-8-2-5-12-26(21)42-28)35-25-11-4-3-10-23(25)31(36)37/h2-17H,18H2,1H3,(H,38,39). The highest BCUT2D eigenvalue weighted by Gasteiger charge is 2.17. The van der Waals surface area contributed by atoms with Gasteiger partial charge in [-0.2, -0.15) is 9.78 Å². The summed E-state index contributed by atoms with van der Waals surface area (Å²) in [6.07, 6.45) is 1.55. The van der Waals surface area contributed by atoms with Crippen LogP contribution in [0.2, 0.25) is 0 Å². The Morgan fingerprint density at radius 1 is 1.05 bits per heavy atom. The predicted octanol–water partition coefficient (Wildman–Crippen LogP) is 6.58. The number of rotatable bonds is 8. The van der Waals surface area contributed by atoms with Gasteiger partial charge in [0.1, 0.15) is 12.2 Å². The monoisotopic (exact) mass is 671 g/mol. The molecule has 0 radical (unpaired) electrons. The molecule has 0 aliphatic heterocycles. The molecule has 0 aliphatic rings. The van der Waals surface area contributed by atoms with Crippen molar-refractivity contribution in [1.29, 1.82) is 0 Å². The minimum absolute atomic E-state index is 0.153. The molecular weight excluding hydrogens is 649 g/mol. The smallest absolute Gasteiger partial charge is 0.335 e. The van der Waals surface area contributed by atoms with Crippen molar-refractivity contribution in [2.75, 3.05) is 7.11 Å². The zero-order valence-corrected chi connectivity index (χ0v) is 24.3. The average molecular weight is 671 g/mol. The first-order chi connectivity index (χ1) is 20.4. The normalized spacial score (nSPS) is 11.4. The van der Waals surface area contributed by atoms with Crippen molar-refractivity contribution >= 4 is 56.6 Å². The topological polar surface area (TPSA) is 116 Å². The molecular formula is C32H22IN3O6. The second-order valence-electron chi connectivity index (χ2n) is 9.29. The summed E-state index contributed by atoms with van der Waals surface area (Å²) in [5.41, 5.74) is 2.43. The van der Waals surface area contributed by atoms with E-state index in [9.17, 15) is 14.7 Å². The van der Waals surface area contributed by atoms with Gasteiger partial charge in [-0.1, -0.05) is 42.5 Å². The van der Waals surface area contributed by atoms with Crippen LogP contribution in [0.5, 0.6) is 11.5 Å². The van der Waals surface area contributed by atoms with E-state index in [1.165, 1.54) is 17.9 Å². The number of benzene rings is 4. The highest BCUT2D eigenvalue weighted by molar-refractivity contribution is 14.1. The first-order valence-corrected chi connectivity index (χ1v) is 13.9. The second-order valence-corrected chi connectivity index (χ2v) is 10.5. The number of carbonyl (C=O) groups is 1. The Morgan fingerprint density at radius 2 is 1.86 bits per heavy atom. The van der Waals surface area contributed by atoms with Gasteiger partial charge < -0.3 is 19.0 Å². The number of carboxylic acid groups (broad SMARTS) is 1. The SMILES string of the molecule is COc1cc(C=Nn2c(-c3cc4ccccc4o3)nc3ccccc3c2=O)cc(I)c1OCc1cccc(C(=O)O)c1. The van der Waals surface area contributed by atoms with E-state index in [4.69, 9.17) is 18.9 Å². The Kier molecular flexibility index (Phi) is 7.44. The Labute approximate surface area is 252 Å². The molecule has 4 aromatic carbocycles. The molecule has 0 amide bonds. The lowest BCUT2D eigenvalue weighted by atomic mass is 10.1. The molecule has 6 aromatic rings. The van der Waals surface area contributed by atoms with Crippen molar-refractivity contribution in [2.45, 2.75) is 6.61 Å². The van der Waals surface area contributed by atoms with Crippen LogP contribution in [0, 0.1) is 3.57 Å². The summed E-state index contributed by atoms with van der Waals surface area (Å²) < 4.78 is 19.6. The highest BCUT2D eigenvalue weighted by Crippen LogP contribution is 2.34. The quantitative estimate of drug-likeness (QED) is 0.144. The zero-order valence-electron chi connectivity index (χ0n) is 22.2. The van der Waals surface area contributed by atoms with Crippen molar-refractivity contribution in [2.24, 2.45) is 5.10 Å². The van der Waals surface area contributed by atoms with Crippen LogP contribution in [0.3, 0.4) is 0 Å². The van der Waals surface area contributed by atoms with Crippen LogP contribution in [-0.4, -0.2) is 34.1 Å². The van der Waals surface area contributed by atoms with Gasteiger partial charge in [-0.3, -0.25) is 4.79 Å². The molecule has 42 heavy (non-hydrogen) atoms. The molecule has 1 N–H and O–H groups in total. The summed E-state index contributed by atoms with van der Waals surface area (Å²) in [5.74, 6) is 0.648. The van der Waals surface area contributed by atoms with Gasteiger partial charge in [0.25, 0.3) is 5.56 Å². The fraction of sp³-hybridized carbons (Fsp3) is 0.0625. The number of furan rings is 1. The van der Waals surface area contributed by atoms with Gasteiger partial charge in [-0.25, -0.2) is 9.78 Å². The van der Waals surface area contributed by atoms with E-state index in [1.807, 2.05) is 42.5 Å². The molecule has 6 rings (SSSR count). The maximum atomic E-state index is 13.6. The zero-order chi connectivity index (χ0) is 29.2. The molecule has 208 valence electrons.